The fourth-order valence-electron chi connectivity index (χ4n) is 6.14. The Morgan fingerprint density at radius 1 is 1.04 bits per heavy atom. The number of aromatic nitrogens is 6. The second-order valence-electron chi connectivity index (χ2n) is 11.8. The first-order chi connectivity index (χ1) is 24.9. The number of anilines is 2. The number of para-hydroxylation sites is 1. The maximum absolute atomic E-state index is 14.3. The number of benzene rings is 2. The number of nitrogens with zero attached hydrogens (tertiary/aromatic N) is 8. The van der Waals surface area contributed by atoms with Gasteiger partial charge < -0.3 is 34.3 Å². The zero-order valence-corrected chi connectivity index (χ0v) is 28.5. The van der Waals surface area contributed by atoms with Crippen molar-refractivity contribution in [2.75, 3.05) is 43.2 Å². The zero-order chi connectivity index (χ0) is 36.7. The Balaban J connectivity index is 1.24. The van der Waals surface area contributed by atoms with Crippen molar-refractivity contribution in [1.82, 2.24) is 34.0 Å². The normalized spacial score (nSPS) is 14.2. The van der Waals surface area contributed by atoms with Crippen LogP contribution in [0, 0.1) is 6.92 Å². The third-order valence-electron chi connectivity index (χ3n) is 8.56. The fourth-order valence-corrected chi connectivity index (χ4v) is 6.68. The Kier molecular flexibility index (Phi) is 9.11. The molecule has 2 amide bonds. The molecule has 19 heteroatoms. The van der Waals surface area contributed by atoms with Gasteiger partial charge >= 0.3 is 5.51 Å². The van der Waals surface area contributed by atoms with E-state index < -0.39 is 22.9 Å². The van der Waals surface area contributed by atoms with Crippen molar-refractivity contribution in [3.05, 3.63) is 76.2 Å². The molecule has 2 aromatic carbocycles. The van der Waals surface area contributed by atoms with Crippen molar-refractivity contribution < 1.29 is 37.3 Å². The maximum atomic E-state index is 14.3. The van der Waals surface area contributed by atoms with E-state index in [0.29, 0.717) is 29.2 Å². The van der Waals surface area contributed by atoms with Crippen LogP contribution in [0.15, 0.2) is 58.5 Å². The first-order valence-electron chi connectivity index (χ1n) is 16.0. The molecule has 0 aliphatic carbocycles. The molecule has 5 heterocycles. The Bertz CT molecular complexity index is 2250. The van der Waals surface area contributed by atoms with Gasteiger partial charge in [0, 0.05) is 36.8 Å². The van der Waals surface area contributed by atoms with E-state index in [1.165, 1.54) is 35.5 Å². The Morgan fingerprint density at radius 3 is 2.50 bits per heavy atom. The summed E-state index contributed by atoms with van der Waals surface area (Å²) in [5.74, 6) is -0.181. The highest BCUT2D eigenvalue weighted by atomic mass is 32.2. The van der Waals surface area contributed by atoms with Gasteiger partial charge in [0.05, 0.1) is 17.0 Å². The number of amides is 2. The van der Waals surface area contributed by atoms with Crippen molar-refractivity contribution in [1.29, 1.82) is 0 Å². The lowest BCUT2D eigenvalue weighted by molar-refractivity contribution is -0.116. The van der Waals surface area contributed by atoms with Crippen LogP contribution in [-0.2, 0) is 17.8 Å². The lowest BCUT2D eigenvalue weighted by Gasteiger charge is -2.36. The molecule has 5 aromatic rings. The summed E-state index contributed by atoms with van der Waals surface area (Å²) in [5, 5.41) is 17.7. The molecule has 0 radical (unpaired) electrons. The summed E-state index contributed by atoms with van der Waals surface area (Å²) >= 11 is -0.261. The first-order valence-corrected chi connectivity index (χ1v) is 16.9. The van der Waals surface area contributed by atoms with E-state index in [2.05, 4.69) is 25.4 Å². The predicted molar refractivity (Wildman–Crippen MR) is 182 cm³/mol. The number of hydrogen-bond acceptors (Lipinski definition) is 12. The molecule has 270 valence electrons. The molecule has 0 bridgehead atoms. The smallest absolute Gasteiger partial charge is 0.446 e. The van der Waals surface area contributed by atoms with Crippen LogP contribution < -0.4 is 25.2 Å². The number of piperazine rings is 1. The van der Waals surface area contributed by atoms with Gasteiger partial charge in [0.15, 0.2) is 28.8 Å². The Labute approximate surface area is 297 Å². The number of alkyl halides is 3. The van der Waals surface area contributed by atoms with Gasteiger partial charge in [-0.05, 0) is 61.5 Å². The standard InChI is InChI=1S/C33H30F3N9O6S/c1-3-22-26(42-11-13-43(14-12-42)30(48)25-27(47)18(2)37-16-38-25)31(49)45-32(40-29(41-45)21-5-4-6-23-28(21)51-17-50-23)44(22)15-24(46)39-19-7-9-20(10-8-19)52-33(34,35)36/h4-10,16,47H,3,11-15,17H2,1-2H3,(H,39,46). The molecular formula is C33H30F3N9O6S. The molecule has 0 spiro atoms. The Hall–Kier alpha value is -5.85. The van der Waals surface area contributed by atoms with E-state index in [0.717, 1.165) is 4.52 Å². The van der Waals surface area contributed by atoms with Crippen LogP contribution in [0.5, 0.6) is 17.2 Å². The number of fused-ring (bicyclic) bond motifs is 2. The van der Waals surface area contributed by atoms with Gasteiger partial charge in [0.2, 0.25) is 18.5 Å². The molecule has 0 saturated carbocycles. The topological polar surface area (TPSA) is 169 Å². The average Bonchev–Trinajstić information content (AvgIpc) is 3.79. The molecule has 52 heavy (non-hydrogen) atoms. The number of ether oxygens (including phenoxy) is 2. The number of thioether (sulfide) groups is 1. The molecule has 0 unspecified atom stereocenters. The molecule has 2 aliphatic heterocycles. The molecule has 1 fully saturated rings. The second-order valence-corrected chi connectivity index (χ2v) is 12.9. The van der Waals surface area contributed by atoms with Crippen molar-refractivity contribution >= 4 is 40.7 Å². The second kappa shape index (κ2) is 13.7. The summed E-state index contributed by atoms with van der Waals surface area (Å²) in [4.78, 5) is 57.0. The number of aromatic hydroxyl groups is 1. The number of nitrogens with one attached hydrogen (secondary N) is 1. The van der Waals surface area contributed by atoms with E-state index in [4.69, 9.17) is 9.47 Å². The van der Waals surface area contributed by atoms with Gasteiger partial charge in [-0.2, -0.15) is 22.7 Å². The minimum Gasteiger partial charge on any atom is -0.504 e. The number of carbonyl (C=O) groups excluding carboxylic acids is 2. The van der Waals surface area contributed by atoms with Crippen molar-refractivity contribution in [3.8, 4) is 28.6 Å². The predicted octanol–water partition coefficient (Wildman–Crippen LogP) is 3.87. The minimum atomic E-state index is -4.45. The molecule has 2 N–H and O–H groups in total. The summed E-state index contributed by atoms with van der Waals surface area (Å²) in [6.45, 7) is 3.92. The van der Waals surface area contributed by atoms with Crippen LogP contribution in [0.1, 0.15) is 28.8 Å². The molecule has 7 rings (SSSR count). The summed E-state index contributed by atoms with van der Waals surface area (Å²) in [6.07, 6.45) is 1.50. The van der Waals surface area contributed by atoms with Crippen LogP contribution in [0.25, 0.3) is 17.2 Å². The fraction of sp³-hybridized carbons (Fsp3) is 0.303. The van der Waals surface area contributed by atoms with Gasteiger partial charge in [0.1, 0.15) is 18.6 Å². The third kappa shape index (κ3) is 6.65. The number of aryl methyl sites for hydroxylation is 1. The van der Waals surface area contributed by atoms with Gasteiger partial charge in [-0.3, -0.25) is 14.4 Å². The molecular weight excluding hydrogens is 707 g/mol. The number of carbonyl (C=O) groups is 2. The first kappa shape index (κ1) is 34.6. The van der Waals surface area contributed by atoms with Gasteiger partial charge in [-0.15, -0.1) is 5.10 Å². The number of hydrogen-bond donors (Lipinski definition) is 2. The quantitative estimate of drug-likeness (QED) is 0.221. The summed E-state index contributed by atoms with van der Waals surface area (Å²) < 4.78 is 52.3. The van der Waals surface area contributed by atoms with Crippen LogP contribution in [0.4, 0.5) is 24.5 Å². The zero-order valence-electron chi connectivity index (χ0n) is 27.7. The third-order valence-corrected chi connectivity index (χ3v) is 9.30. The summed E-state index contributed by atoms with van der Waals surface area (Å²) in [7, 11) is 0. The van der Waals surface area contributed by atoms with E-state index in [1.807, 2.05) is 11.8 Å². The van der Waals surface area contributed by atoms with E-state index in [1.54, 1.807) is 29.7 Å². The highest BCUT2D eigenvalue weighted by molar-refractivity contribution is 8.00. The highest BCUT2D eigenvalue weighted by Gasteiger charge is 2.32. The largest absolute Gasteiger partial charge is 0.504 e. The summed E-state index contributed by atoms with van der Waals surface area (Å²) in [6, 6.07) is 10.4. The van der Waals surface area contributed by atoms with Gasteiger partial charge in [0.25, 0.3) is 11.5 Å². The van der Waals surface area contributed by atoms with E-state index in [9.17, 15) is 32.7 Å². The monoisotopic (exact) mass is 737 g/mol. The van der Waals surface area contributed by atoms with Crippen LogP contribution in [-0.4, -0.2) is 89.4 Å². The number of rotatable bonds is 8. The summed E-state index contributed by atoms with van der Waals surface area (Å²) in [5.41, 5.74) is -3.30. The van der Waals surface area contributed by atoms with Crippen LogP contribution in [0.2, 0.25) is 0 Å². The van der Waals surface area contributed by atoms with E-state index >= 15 is 0 Å². The maximum Gasteiger partial charge on any atom is 0.446 e. The lowest BCUT2D eigenvalue weighted by Crippen LogP contribution is -2.51. The van der Waals surface area contributed by atoms with Gasteiger partial charge in [-0.1, -0.05) is 13.0 Å². The molecule has 0 atom stereocenters. The molecule has 2 aliphatic rings. The van der Waals surface area contributed by atoms with Gasteiger partial charge in [-0.25, -0.2) is 9.97 Å². The average molecular weight is 738 g/mol. The SMILES string of the molecule is CCc1c(N2CCN(C(=O)c3ncnc(C)c3O)CC2)c(=O)n2nc(-c3cccc4c3OCO4)nc2n1CC(=O)Nc1ccc(SC(F)(F)F)cc1. The van der Waals surface area contributed by atoms with Crippen molar-refractivity contribution in [3.63, 3.8) is 0 Å². The minimum absolute atomic E-state index is 0.00235. The van der Waals surface area contributed by atoms with Crippen molar-refractivity contribution in [2.24, 2.45) is 0 Å². The van der Waals surface area contributed by atoms with Crippen LogP contribution >= 0.6 is 11.8 Å². The highest BCUT2D eigenvalue weighted by Crippen LogP contribution is 2.40. The Morgan fingerprint density at radius 2 is 1.79 bits per heavy atom. The van der Waals surface area contributed by atoms with Crippen molar-refractivity contribution in [2.45, 2.75) is 37.2 Å². The lowest BCUT2D eigenvalue weighted by atomic mass is 10.2. The van der Waals surface area contributed by atoms with Crippen LogP contribution in [0.3, 0.4) is 0 Å². The van der Waals surface area contributed by atoms with E-state index in [-0.39, 0.29) is 96.3 Å². The number of halogens is 3. The molecule has 1 saturated heterocycles. The molecule has 15 nitrogen and oxygen atoms in total. The molecule has 3 aromatic heterocycles.